The summed E-state index contributed by atoms with van der Waals surface area (Å²) >= 11 is 0. The molecule has 1 N–H and O–H groups in total. The van der Waals surface area contributed by atoms with Gasteiger partial charge in [0.15, 0.2) is 0 Å². The van der Waals surface area contributed by atoms with Crippen molar-refractivity contribution in [1.29, 1.82) is 0 Å². The number of anilines is 1. The summed E-state index contributed by atoms with van der Waals surface area (Å²) in [5, 5.41) is 2.73. The van der Waals surface area contributed by atoms with Crippen molar-refractivity contribution in [2.24, 2.45) is 0 Å². The lowest BCUT2D eigenvalue weighted by atomic mass is 10.1. The van der Waals surface area contributed by atoms with E-state index in [2.05, 4.69) is 5.32 Å². The number of carbonyl (C=O) groups is 2. The molecule has 0 spiro atoms. The minimum absolute atomic E-state index is 0.0265. The van der Waals surface area contributed by atoms with Crippen LogP contribution >= 0.6 is 0 Å². The lowest BCUT2D eigenvalue weighted by molar-refractivity contribution is -0.138. The Labute approximate surface area is 125 Å². The van der Waals surface area contributed by atoms with E-state index in [4.69, 9.17) is 4.74 Å². The Morgan fingerprint density at radius 1 is 1.10 bits per heavy atom. The minimum Gasteiger partial charge on any atom is -0.362 e. The molecule has 1 heterocycles. The van der Waals surface area contributed by atoms with E-state index in [-0.39, 0.29) is 25.0 Å². The van der Waals surface area contributed by atoms with Crippen molar-refractivity contribution >= 4 is 17.5 Å². The molecular formula is C16H22N2O3. The van der Waals surface area contributed by atoms with Crippen LogP contribution in [0, 0.1) is 6.92 Å². The second-order valence-corrected chi connectivity index (χ2v) is 5.35. The zero-order valence-corrected chi connectivity index (χ0v) is 12.4. The first kappa shape index (κ1) is 15.5. The van der Waals surface area contributed by atoms with Gasteiger partial charge in [0, 0.05) is 18.8 Å². The van der Waals surface area contributed by atoms with Gasteiger partial charge in [-0.05, 0) is 38.3 Å². The summed E-state index contributed by atoms with van der Waals surface area (Å²) in [6, 6.07) is 7.53. The summed E-state index contributed by atoms with van der Waals surface area (Å²) < 4.78 is 5.20. The predicted molar refractivity (Wildman–Crippen MR) is 81.1 cm³/mol. The van der Waals surface area contributed by atoms with Gasteiger partial charge in [-0.3, -0.25) is 9.59 Å². The number of carbonyl (C=O) groups excluding carboxylic acids is 2. The van der Waals surface area contributed by atoms with Crippen LogP contribution in [-0.4, -0.2) is 43.0 Å². The molecular weight excluding hydrogens is 268 g/mol. The molecule has 0 aliphatic carbocycles. The third-order valence-corrected chi connectivity index (χ3v) is 3.50. The number of hydrogen-bond acceptors (Lipinski definition) is 3. The summed E-state index contributed by atoms with van der Waals surface area (Å²) in [4.78, 5) is 25.3. The number of likely N-dealkylation sites (tertiary alicyclic amines) is 1. The van der Waals surface area contributed by atoms with Crippen LogP contribution < -0.4 is 5.32 Å². The van der Waals surface area contributed by atoms with Gasteiger partial charge in [0.1, 0.15) is 13.2 Å². The number of nitrogens with zero attached hydrogens (tertiary/aromatic N) is 1. The quantitative estimate of drug-likeness (QED) is 0.902. The second-order valence-electron chi connectivity index (χ2n) is 5.35. The third kappa shape index (κ3) is 5.19. The number of ether oxygens (including phenoxy) is 1. The zero-order valence-electron chi connectivity index (χ0n) is 12.4. The monoisotopic (exact) mass is 290 g/mol. The van der Waals surface area contributed by atoms with Crippen molar-refractivity contribution in [2.45, 2.75) is 26.2 Å². The van der Waals surface area contributed by atoms with E-state index in [0.29, 0.717) is 0 Å². The van der Waals surface area contributed by atoms with Gasteiger partial charge >= 0.3 is 0 Å². The van der Waals surface area contributed by atoms with E-state index in [0.717, 1.165) is 37.2 Å². The second kappa shape index (κ2) is 7.78. The van der Waals surface area contributed by atoms with Crippen LogP contribution in [0.3, 0.4) is 0 Å². The Kier molecular flexibility index (Phi) is 5.75. The molecule has 0 bridgehead atoms. The molecule has 114 valence electrons. The van der Waals surface area contributed by atoms with Crippen LogP contribution in [0.15, 0.2) is 24.3 Å². The van der Waals surface area contributed by atoms with Gasteiger partial charge in [-0.15, -0.1) is 0 Å². The largest absolute Gasteiger partial charge is 0.362 e. The van der Waals surface area contributed by atoms with Gasteiger partial charge in [-0.1, -0.05) is 17.7 Å². The first-order valence-electron chi connectivity index (χ1n) is 7.37. The first-order valence-corrected chi connectivity index (χ1v) is 7.37. The van der Waals surface area contributed by atoms with Crippen molar-refractivity contribution in [2.75, 3.05) is 31.6 Å². The number of amides is 2. The summed E-state index contributed by atoms with van der Waals surface area (Å²) in [5.74, 6) is -0.275. The molecule has 0 radical (unpaired) electrons. The first-order chi connectivity index (χ1) is 10.1. The molecule has 0 atom stereocenters. The van der Waals surface area contributed by atoms with Gasteiger partial charge in [-0.25, -0.2) is 0 Å². The topological polar surface area (TPSA) is 58.6 Å². The fraction of sp³-hybridized carbons (Fsp3) is 0.500. The van der Waals surface area contributed by atoms with E-state index in [1.54, 1.807) is 4.90 Å². The molecule has 1 aromatic rings. The number of hydrogen-bond donors (Lipinski definition) is 1. The highest BCUT2D eigenvalue weighted by Gasteiger charge is 2.16. The number of aryl methyl sites for hydroxylation is 1. The lowest BCUT2D eigenvalue weighted by Crippen LogP contribution is -2.38. The van der Waals surface area contributed by atoms with Crippen molar-refractivity contribution < 1.29 is 14.3 Å². The van der Waals surface area contributed by atoms with Gasteiger partial charge in [-0.2, -0.15) is 0 Å². The molecule has 1 aliphatic heterocycles. The van der Waals surface area contributed by atoms with Crippen LogP contribution in [0.25, 0.3) is 0 Å². The Balaban J connectivity index is 1.66. The van der Waals surface area contributed by atoms with Crippen molar-refractivity contribution in [3.8, 4) is 0 Å². The van der Waals surface area contributed by atoms with E-state index < -0.39 is 0 Å². The summed E-state index contributed by atoms with van der Waals surface area (Å²) in [6.45, 7) is 3.46. The van der Waals surface area contributed by atoms with E-state index in [9.17, 15) is 9.59 Å². The van der Waals surface area contributed by atoms with Crippen LogP contribution in [0.1, 0.15) is 24.8 Å². The molecule has 0 saturated carbocycles. The maximum atomic E-state index is 11.8. The molecule has 0 aromatic heterocycles. The average Bonchev–Trinajstić information content (AvgIpc) is 2.50. The number of rotatable bonds is 5. The molecule has 21 heavy (non-hydrogen) atoms. The standard InChI is InChI=1S/C16H22N2O3/c1-13-5-7-14(8-6-13)17-15(19)11-21-12-16(20)18-9-3-2-4-10-18/h5-8H,2-4,9-12H2,1H3,(H,17,19). The lowest BCUT2D eigenvalue weighted by Gasteiger charge is -2.26. The third-order valence-electron chi connectivity index (χ3n) is 3.50. The van der Waals surface area contributed by atoms with Crippen molar-refractivity contribution in [3.05, 3.63) is 29.8 Å². The normalized spacial score (nSPS) is 14.8. The molecule has 2 amide bonds. The Morgan fingerprint density at radius 2 is 1.76 bits per heavy atom. The van der Waals surface area contributed by atoms with Crippen molar-refractivity contribution in [1.82, 2.24) is 4.90 Å². The Morgan fingerprint density at radius 3 is 2.43 bits per heavy atom. The highest BCUT2D eigenvalue weighted by molar-refractivity contribution is 5.91. The van der Waals surface area contributed by atoms with E-state index in [1.807, 2.05) is 31.2 Å². The van der Waals surface area contributed by atoms with Gasteiger partial charge < -0.3 is 15.0 Å². The molecule has 1 saturated heterocycles. The molecule has 1 fully saturated rings. The Bertz CT molecular complexity index is 479. The van der Waals surface area contributed by atoms with Gasteiger partial charge in [0.05, 0.1) is 0 Å². The maximum Gasteiger partial charge on any atom is 0.250 e. The summed E-state index contributed by atoms with van der Waals surface area (Å²) in [5.41, 5.74) is 1.87. The molecule has 1 aliphatic rings. The Hall–Kier alpha value is -1.88. The van der Waals surface area contributed by atoms with Crippen molar-refractivity contribution in [3.63, 3.8) is 0 Å². The summed E-state index contributed by atoms with van der Waals surface area (Å²) in [7, 11) is 0. The van der Waals surface area contributed by atoms with Gasteiger partial charge in [0.25, 0.3) is 0 Å². The van der Waals surface area contributed by atoms with Crippen LogP contribution in [0.4, 0.5) is 5.69 Å². The molecule has 5 heteroatoms. The van der Waals surface area contributed by atoms with Crippen LogP contribution in [-0.2, 0) is 14.3 Å². The number of piperidine rings is 1. The smallest absolute Gasteiger partial charge is 0.250 e. The van der Waals surface area contributed by atoms with E-state index in [1.165, 1.54) is 6.42 Å². The SMILES string of the molecule is Cc1ccc(NC(=O)COCC(=O)N2CCCCC2)cc1. The fourth-order valence-electron chi connectivity index (χ4n) is 2.30. The van der Waals surface area contributed by atoms with Crippen LogP contribution in [0.5, 0.6) is 0 Å². The molecule has 1 aromatic carbocycles. The predicted octanol–water partition coefficient (Wildman–Crippen LogP) is 1.96. The highest BCUT2D eigenvalue weighted by atomic mass is 16.5. The highest BCUT2D eigenvalue weighted by Crippen LogP contribution is 2.09. The van der Waals surface area contributed by atoms with Crippen LogP contribution in [0.2, 0.25) is 0 Å². The summed E-state index contributed by atoms with van der Waals surface area (Å²) in [6.07, 6.45) is 3.29. The molecule has 5 nitrogen and oxygen atoms in total. The maximum absolute atomic E-state index is 11.8. The van der Waals surface area contributed by atoms with E-state index >= 15 is 0 Å². The number of nitrogens with one attached hydrogen (secondary N) is 1. The minimum atomic E-state index is -0.245. The fourth-order valence-corrected chi connectivity index (χ4v) is 2.30. The zero-order chi connectivity index (χ0) is 15.1. The molecule has 2 rings (SSSR count). The average molecular weight is 290 g/mol. The molecule has 0 unspecified atom stereocenters. The number of benzene rings is 1. The van der Waals surface area contributed by atoms with Gasteiger partial charge in [0.2, 0.25) is 11.8 Å².